The fraction of sp³-hybridized carbons (Fsp3) is 0. The smallest absolute Gasteiger partial charge is 0.138 e. The molecule has 21 heavy (non-hydrogen) atoms. The molecule has 0 spiro atoms. The molecule has 4 aromatic rings. The van der Waals surface area contributed by atoms with Crippen molar-refractivity contribution in [2.75, 3.05) is 0 Å². The van der Waals surface area contributed by atoms with Crippen LogP contribution in [0.4, 0.5) is 0 Å². The van der Waals surface area contributed by atoms with Gasteiger partial charge < -0.3 is 0 Å². The van der Waals surface area contributed by atoms with Gasteiger partial charge in [0.15, 0.2) is 0 Å². The molecule has 0 N–H and O–H groups in total. The zero-order chi connectivity index (χ0) is 14.2. The maximum atomic E-state index is 6.00. The lowest BCUT2D eigenvalue weighted by Crippen LogP contribution is -1.95. The van der Waals surface area contributed by atoms with E-state index >= 15 is 0 Å². The molecule has 0 aliphatic rings. The molecule has 5 heteroatoms. The molecule has 0 saturated heterocycles. The molecule has 0 radical (unpaired) electrons. The summed E-state index contributed by atoms with van der Waals surface area (Å²) < 4.78 is 3.86. The van der Waals surface area contributed by atoms with Crippen LogP contribution in [-0.2, 0) is 0 Å². The van der Waals surface area contributed by atoms with Crippen molar-refractivity contribution in [3.05, 3.63) is 72.3 Å². The monoisotopic (exact) mass is 294 g/mol. The lowest BCUT2D eigenvalue weighted by molar-refractivity contribution is 0.881. The van der Waals surface area contributed by atoms with Crippen molar-refractivity contribution in [3.8, 4) is 16.9 Å². The first-order chi connectivity index (χ1) is 10.3. The SMILES string of the molecule is Clc1ccn2c(-c3cccc(-n4cccn4)c3)cnc2c1. The van der Waals surface area contributed by atoms with E-state index < -0.39 is 0 Å². The second-order valence-electron chi connectivity index (χ2n) is 4.72. The van der Waals surface area contributed by atoms with Crippen LogP contribution in [0.2, 0.25) is 5.02 Å². The fourth-order valence-electron chi connectivity index (χ4n) is 2.40. The lowest BCUT2D eigenvalue weighted by Gasteiger charge is -2.06. The highest BCUT2D eigenvalue weighted by molar-refractivity contribution is 6.30. The van der Waals surface area contributed by atoms with E-state index in [0.29, 0.717) is 5.02 Å². The Kier molecular flexibility index (Phi) is 2.75. The molecule has 0 bridgehead atoms. The second kappa shape index (κ2) is 4.75. The molecular formula is C16H11ClN4. The maximum absolute atomic E-state index is 6.00. The van der Waals surface area contributed by atoms with E-state index in [-0.39, 0.29) is 0 Å². The highest BCUT2D eigenvalue weighted by atomic mass is 35.5. The summed E-state index contributed by atoms with van der Waals surface area (Å²) in [4.78, 5) is 4.40. The first-order valence-electron chi connectivity index (χ1n) is 6.54. The largest absolute Gasteiger partial charge is 0.300 e. The molecule has 3 aromatic heterocycles. The minimum absolute atomic E-state index is 0.685. The molecule has 0 aliphatic carbocycles. The first kappa shape index (κ1) is 12.2. The van der Waals surface area contributed by atoms with Crippen molar-refractivity contribution in [1.29, 1.82) is 0 Å². The highest BCUT2D eigenvalue weighted by Crippen LogP contribution is 2.24. The van der Waals surface area contributed by atoms with E-state index in [1.807, 2.05) is 58.0 Å². The molecule has 0 saturated carbocycles. The van der Waals surface area contributed by atoms with Crippen LogP contribution in [0.15, 0.2) is 67.3 Å². The van der Waals surface area contributed by atoms with Gasteiger partial charge in [0.25, 0.3) is 0 Å². The Labute approximate surface area is 126 Å². The van der Waals surface area contributed by atoms with Crippen LogP contribution in [0.5, 0.6) is 0 Å². The van der Waals surface area contributed by atoms with Crippen molar-refractivity contribution in [2.24, 2.45) is 0 Å². The Balaban J connectivity index is 1.87. The second-order valence-corrected chi connectivity index (χ2v) is 5.15. The van der Waals surface area contributed by atoms with Gasteiger partial charge in [0.1, 0.15) is 5.65 Å². The van der Waals surface area contributed by atoms with E-state index in [2.05, 4.69) is 22.2 Å². The van der Waals surface area contributed by atoms with Gasteiger partial charge in [0, 0.05) is 35.2 Å². The standard InChI is InChI=1S/C16H11ClN4/c17-13-5-8-20-15(11-18-16(20)10-13)12-3-1-4-14(9-12)21-7-2-6-19-21/h1-11H. The zero-order valence-corrected chi connectivity index (χ0v) is 11.8. The quantitative estimate of drug-likeness (QED) is 0.563. The number of nitrogens with zero attached hydrogens (tertiary/aromatic N) is 4. The van der Waals surface area contributed by atoms with E-state index in [4.69, 9.17) is 11.6 Å². The van der Waals surface area contributed by atoms with Crippen LogP contribution < -0.4 is 0 Å². The summed E-state index contributed by atoms with van der Waals surface area (Å²) in [6.45, 7) is 0. The van der Waals surface area contributed by atoms with Crippen molar-refractivity contribution in [1.82, 2.24) is 19.2 Å². The molecule has 0 unspecified atom stereocenters. The van der Waals surface area contributed by atoms with Gasteiger partial charge in [0.2, 0.25) is 0 Å². The molecule has 0 aliphatic heterocycles. The van der Waals surface area contributed by atoms with Gasteiger partial charge in [-0.25, -0.2) is 9.67 Å². The zero-order valence-electron chi connectivity index (χ0n) is 11.0. The van der Waals surface area contributed by atoms with E-state index in [1.165, 1.54) is 0 Å². The third-order valence-electron chi connectivity index (χ3n) is 3.39. The van der Waals surface area contributed by atoms with Gasteiger partial charge in [-0.3, -0.25) is 4.40 Å². The van der Waals surface area contributed by atoms with E-state index in [1.54, 1.807) is 6.20 Å². The number of pyridine rings is 1. The van der Waals surface area contributed by atoms with E-state index in [0.717, 1.165) is 22.6 Å². The van der Waals surface area contributed by atoms with Crippen molar-refractivity contribution >= 4 is 17.2 Å². The normalized spacial score (nSPS) is 11.1. The van der Waals surface area contributed by atoms with Gasteiger partial charge in [-0.15, -0.1) is 0 Å². The summed E-state index contributed by atoms with van der Waals surface area (Å²) in [5.74, 6) is 0. The molecule has 1 aromatic carbocycles. The Hall–Kier alpha value is -2.59. The number of imidazole rings is 1. The number of halogens is 1. The first-order valence-corrected chi connectivity index (χ1v) is 6.92. The Morgan fingerprint density at radius 1 is 1.00 bits per heavy atom. The Morgan fingerprint density at radius 3 is 2.81 bits per heavy atom. The summed E-state index contributed by atoms with van der Waals surface area (Å²) in [6.07, 6.45) is 7.48. The number of hydrogen-bond donors (Lipinski definition) is 0. The van der Waals surface area contributed by atoms with Crippen molar-refractivity contribution in [3.63, 3.8) is 0 Å². The van der Waals surface area contributed by atoms with Crippen LogP contribution in [0.3, 0.4) is 0 Å². The Bertz CT molecular complexity index is 909. The number of aromatic nitrogens is 4. The predicted octanol–water partition coefficient (Wildman–Crippen LogP) is 3.84. The van der Waals surface area contributed by atoms with Gasteiger partial charge in [-0.2, -0.15) is 5.10 Å². The van der Waals surface area contributed by atoms with Crippen LogP contribution in [0.1, 0.15) is 0 Å². The number of fused-ring (bicyclic) bond motifs is 1. The molecule has 0 atom stereocenters. The van der Waals surface area contributed by atoms with Crippen LogP contribution in [-0.4, -0.2) is 19.2 Å². The third-order valence-corrected chi connectivity index (χ3v) is 3.62. The van der Waals surface area contributed by atoms with Crippen LogP contribution >= 0.6 is 11.6 Å². The number of rotatable bonds is 2. The average molecular weight is 295 g/mol. The predicted molar refractivity (Wildman–Crippen MR) is 82.8 cm³/mol. The molecule has 0 amide bonds. The van der Waals surface area contributed by atoms with Gasteiger partial charge in [-0.1, -0.05) is 23.7 Å². The molecule has 3 heterocycles. The lowest BCUT2D eigenvalue weighted by atomic mass is 10.1. The summed E-state index contributed by atoms with van der Waals surface area (Å²) >= 11 is 6.00. The summed E-state index contributed by atoms with van der Waals surface area (Å²) in [7, 11) is 0. The maximum Gasteiger partial charge on any atom is 0.138 e. The van der Waals surface area contributed by atoms with Gasteiger partial charge >= 0.3 is 0 Å². The fourth-order valence-corrected chi connectivity index (χ4v) is 2.55. The molecule has 0 fully saturated rings. The average Bonchev–Trinajstić information content (AvgIpc) is 3.16. The van der Waals surface area contributed by atoms with E-state index in [9.17, 15) is 0 Å². The Morgan fingerprint density at radius 2 is 1.95 bits per heavy atom. The molecular weight excluding hydrogens is 284 g/mol. The van der Waals surface area contributed by atoms with Crippen LogP contribution in [0.25, 0.3) is 22.6 Å². The van der Waals surface area contributed by atoms with Gasteiger partial charge in [-0.05, 0) is 24.3 Å². The third kappa shape index (κ3) is 2.10. The molecule has 102 valence electrons. The molecule has 4 nitrogen and oxygen atoms in total. The number of hydrogen-bond acceptors (Lipinski definition) is 2. The van der Waals surface area contributed by atoms with Crippen molar-refractivity contribution in [2.45, 2.75) is 0 Å². The molecule has 4 rings (SSSR count). The topological polar surface area (TPSA) is 35.1 Å². The van der Waals surface area contributed by atoms with Gasteiger partial charge in [0.05, 0.1) is 17.6 Å². The summed E-state index contributed by atoms with van der Waals surface area (Å²) in [6, 6.07) is 13.8. The highest BCUT2D eigenvalue weighted by Gasteiger charge is 2.07. The summed E-state index contributed by atoms with van der Waals surface area (Å²) in [5, 5.41) is 4.94. The minimum atomic E-state index is 0.685. The van der Waals surface area contributed by atoms with Crippen molar-refractivity contribution < 1.29 is 0 Å². The summed E-state index contributed by atoms with van der Waals surface area (Å²) in [5.41, 5.74) is 3.96. The van der Waals surface area contributed by atoms with Crippen LogP contribution in [0, 0.1) is 0 Å². The number of benzene rings is 1. The minimum Gasteiger partial charge on any atom is -0.300 e.